The first-order valence-electron chi connectivity index (χ1n) is 12.5. The van der Waals surface area contributed by atoms with Gasteiger partial charge in [0.2, 0.25) is 11.9 Å². The highest BCUT2D eigenvalue weighted by molar-refractivity contribution is 7.16. The number of aromatic nitrogens is 3. The molecule has 0 saturated carbocycles. The molecule has 1 fully saturated rings. The van der Waals surface area contributed by atoms with E-state index in [0.29, 0.717) is 64.4 Å². The summed E-state index contributed by atoms with van der Waals surface area (Å²) < 4.78 is 10.7. The Labute approximate surface area is 233 Å². The van der Waals surface area contributed by atoms with Crippen molar-refractivity contribution in [3.8, 4) is 17.2 Å². The van der Waals surface area contributed by atoms with Gasteiger partial charge in [0, 0.05) is 36.1 Å². The van der Waals surface area contributed by atoms with Crippen molar-refractivity contribution in [2.75, 3.05) is 42.8 Å². The Morgan fingerprint density at radius 2 is 1.93 bits per heavy atom. The summed E-state index contributed by atoms with van der Waals surface area (Å²) in [5.41, 5.74) is 3.53. The quantitative estimate of drug-likeness (QED) is 0.240. The predicted molar refractivity (Wildman–Crippen MR) is 151 cm³/mol. The van der Waals surface area contributed by atoms with Gasteiger partial charge in [-0.25, -0.2) is 9.78 Å². The lowest BCUT2D eigenvalue weighted by atomic mass is 9.97. The zero-order valence-electron chi connectivity index (χ0n) is 22.1. The van der Waals surface area contributed by atoms with Gasteiger partial charge in [0.05, 0.1) is 25.6 Å². The van der Waals surface area contributed by atoms with Gasteiger partial charge in [0.15, 0.2) is 22.1 Å². The summed E-state index contributed by atoms with van der Waals surface area (Å²) in [7, 11) is 3.15. The van der Waals surface area contributed by atoms with E-state index < -0.39 is 5.97 Å². The molecule has 12 nitrogen and oxygen atoms in total. The Balaban J connectivity index is 1.36. The minimum absolute atomic E-state index is 0.215. The molecule has 4 aromatic rings. The first-order chi connectivity index (χ1) is 19.3. The molecule has 1 aliphatic rings. The second kappa shape index (κ2) is 11.2. The number of hydrogen-bond donors (Lipinski definition) is 4. The van der Waals surface area contributed by atoms with E-state index in [4.69, 9.17) is 19.4 Å². The van der Waals surface area contributed by atoms with E-state index in [9.17, 15) is 19.8 Å². The molecule has 1 aliphatic heterocycles. The summed E-state index contributed by atoms with van der Waals surface area (Å²) in [6.07, 6.45) is 1.42. The molecular formula is C27H28N6O6S. The molecule has 40 heavy (non-hydrogen) atoms. The molecule has 1 saturated heterocycles. The van der Waals surface area contributed by atoms with E-state index in [0.717, 1.165) is 12.1 Å². The van der Waals surface area contributed by atoms with Crippen LogP contribution in [-0.2, 0) is 4.79 Å². The van der Waals surface area contributed by atoms with Crippen LogP contribution < -0.4 is 25.0 Å². The van der Waals surface area contributed by atoms with E-state index >= 15 is 0 Å². The van der Waals surface area contributed by atoms with Crippen LogP contribution in [0.3, 0.4) is 0 Å². The number of rotatable bonds is 8. The SMILES string of the molecule is COc1ccc(Nc2nc(N3CCCC(C(=O)Nc4ccc(C(=O)O)c(O)c4C)C3)nc3scnc23)cc1OC. The van der Waals surface area contributed by atoms with Gasteiger partial charge in [-0.05, 0) is 44.0 Å². The van der Waals surface area contributed by atoms with Crippen LogP contribution in [0.4, 0.5) is 23.1 Å². The number of nitrogens with one attached hydrogen (secondary N) is 2. The Morgan fingerprint density at radius 1 is 1.12 bits per heavy atom. The maximum absolute atomic E-state index is 13.2. The monoisotopic (exact) mass is 564 g/mol. The average molecular weight is 565 g/mol. The fraction of sp³-hybridized carbons (Fsp3) is 0.296. The Bertz CT molecular complexity index is 1590. The summed E-state index contributed by atoms with van der Waals surface area (Å²) in [5, 5.41) is 25.6. The zero-order valence-corrected chi connectivity index (χ0v) is 22.9. The summed E-state index contributed by atoms with van der Waals surface area (Å²) in [6.45, 7) is 2.64. The number of fused-ring (bicyclic) bond motifs is 1. The number of methoxy groups -OCH3 is 2. The minimum Gasteiger partial charge on any atom is -0.507 e. The van der Waals surface area contributed by atoms with Crippen molar-refractivity contribution in [1.29, 1.82) is 0 Å². The average Bonchev–Trinajstić information content (AvgIpc) is 3.44. The fourth-order valence-corrected chi connectivity index (χ4v) is 5.30. The number of thiazole rings is 1. The minimum atomic E-state index is -1.24. The number of aromatic carboxylic acids is 1. The van der Waals surface area contributed by atoms with Crippen LogP contribution in [0.5, 0.6) is 17.2 Å². The van der Waals surface area contributed by atoms with Crippen molar-refractivity contribution in [3.05, 3.63) is 47.0 Å². The molecule has 0 aliphatic carbocycles. The van der Waals surface area contributed by atoms with Crippen molar-refractivity contribution in [1.82, 2.24) is 15.0 Å². The fourth-order valence-electron chi connectivity index (χ4n) is 4.65. The molecule has 3 heterocycles. The number of ether oxygens (including phenoxy) is 2. The van der Waals surface area contributed by atoms with Gasteiger partial charge in [-0.2, -0.15) is 9.97 Å². The first kappa shape index (κ1) is 26.9. The van der Waals surface area contributed by atoms with Gasteiger partial charge in [0.25, 0.3) is 0 Å². The second-order valence-electron chi connectivity index (χ2n) is 9.29. The highest BCUT2D eigenvalue weighted by Gasteiger charge is 2.29. The third-order valence-corrected chi connectivity index (χ3v) is 7.55. The lowest BCUT2D eigenvalue weighted by Gasteiger charge is -2.32. The molecule has 208 valence electrons. The lowest BCUT2D eigenvalue weighted by Crippen LogP contribution is -2.41. The van der Waals surface area contributed by atoms with Crippen molar-refractivity contribution >= 4 is 56.7 Å². The van der Waals surface area contributed by atoms with Crippen molar-refractivity contribution < 1.29 is 29.3 Å². The van der Waals surface area contributed by atoms with Crippen LogP contribution in [0.25, 0.3) is 10.3 Å². The lowest BCUT2D eigenvalue weighted by molar-refractivity contribution is -0.120. The second-order valence-corrected chi connectivity index (χ2v) is 10.1. The largest absolute Gasteiger partial charge is 0.507 e. The number of nitrogens with zero attached hydrogens (tertiary/aromatic N) is 4. The number of hydrogen-bond acceptors (Lipinski definition) is 11. The van der Waals surface area contributed by atoms with E-state index in [1.807, 2.05) is 17.0 Å². The molecule has 1 atom stereocenters. The molecule has 4 N–H and O–H groups in total. The van der Waals surface area contributed by atoms with Crippen molar-refractivity contribution in [3.63, 3.8) is 0 Å². The number of amides is 1. The van der Waals surface area contributed by atoms with Crippen molar-refractivity contribution in [2.45, 2.75) is 19.8 Å². The molecule has 2 aromatic heterocycles. The van der Waals surface area contributed by atoms with Crippen LogP contribution in [0.1, 0.15) is 28.8 Å². The number of anilines is 4. The molecular weight excluding hydrogens is 536 g/mol. The van der Waals surface area contributed by atoms with E-state index in [-0.39, 0.29) is 23.1 Å². The third kappa shape index (κ3) is 5.27. The molecule has 0 radical (unpaired) electrons. The Kier molecular flexibility index (Phi) is 7.56. The molecule has 13 heteroatoms. The topological polar surface area (TPSA) is 159 Å². The van der Waals surface area contributed by atoms with Gasteiger partial charge in [0.1, 0.15) is 16.8 Å². The number of carbonyl (C=O) groups excluding carboxylic acids is 1. The van der Waals surface area contributed by atoms with Crippen LogP contribution >= 0.6 is 11.3 Å². The maximum atomic E-state index is 13.2. The predicted octanol–water partition coefficient (Wildman–Crippen LogP) is 4.41. The number of carboxylic acid groups (broad SMARTS) is 1. The summed E-state index contributed by atoms with van der Waals surface area (Å²) in [4.78, 5) is 41.1. The van der Waals surface area contributed by atoms with Gasteiger partial charge < -0.3 is 35.2 Å². The molecule has 1 unspecified atom stereocenters. The molecule has 2 aromatic carbocycles. The molecule has 1 amide bonds. The van der Waals surface area contributed by atoms with Gasteiger partial charge in [-0.15, -0.1) is 11.3 Å². The normalized spacial score (nSPS) is 15.1. The number of aromatic hydroxyl groups is 1. The van der Waals surface area contributed by atoms with Crippen LogP contribution in [0.15, 0.2) is 35.8 Å². The smallest absolute Gasteiger partial charge is 0.339 e. The number of piperidine rings is 1. The highest BCUT2D eigenvalue weighted by Crippen LogP contribution is 2.34. The molecule has 0 spiro atoms. The Hall–Kier alpha value is -4.65. The van der Waals surface area contributed by atoms with Gasteiger partial charge in [-0.1, -0.05) is 0 Å². The standard InChI is InChI=1S/C27H28N6O6S/c1-14-18(8-7-17(22(14)34)26(36)37)30-24(35)15-5-4-10-33(12-15)27-31-23(21-25(32-27)40-13-28-21)29-16-6-9-19(38-2)20(11-16)39-3/h6-9,11,13,15,34H,4-5,10,12H2,1-3H3,(H,30,35)(H,36,37)(H,29,31,32). The van der Waals surface area contributed by atoms with Gasteiger partial charge >= 0.3 is 5.97 Å². The van der Waals surface area contributed by atoms with Crippen molar-refractivity contribution in [2.24, 2.45) is 5.92 Å². The molecule has 5 rings (SSSR count). The van der Waals surface area contributed by atoms with Crippen LogP contribution in [-0.4, -0.2) is 64.4 Å². The van der Waals surface area contributed by atoms with E-state index in [1.54, 1.807) is 32.7 Å². The number of carbonyl (C=O) groups is 2. The molecule has 0 bridgehead atoms. The Morgan fingerprint density at radius 3 is 2.67 bits per heavy atom. The van der Waals surface area contributed by atoms with Gasteiger partial charge in [-0.3, -0.25) is 4.79 Å². The third-order valence-electron chi connectivity index (χ3n) is 6.83. The number of benzene rings is 2. The van der Waals surface area contributed by atoms with Crippen LogP contribution in [0, 0.1) is 12.8 Å². The van der Waals surface area contributed by atoms with E-state index in [2.05, 4.69) is 15.6 Å². The highest BCUT2D eigenvalue weighted by atomic mass is 32.1. The maximum Gasteiger partial charge on any atom is 0.339 e. The zero-order chi connectivity index (χ0) is 28.4. The summed E-state index contributed by atoms with van der Waals surface area (Å²) in [5.74, 6) is 0.00545. The number of phenols is 1. The summed E-state index contributed by atoms with van der Waals surface area (Å²) >= 11 is 1.40. The number of carboxylic acids is 1. The van der Waals surface area contributed by atoms with E-state index in [1.165, 1.54) is 23.5 Å². The first-order valence-corrected chi connectivity index (χ1v) is 13.4. The summed E-state index contributed by atoms with van der Waals surface area (Å²) in [6, 6.07) is 8.22. The van der Waals surface area contributed by atoms with Crippen LogP contribution in [0.2, 0.25) is 0 Å².